The van der Waals surface area contributed by atoms with Crippen LogP contribution in [0.4, 0.5) is 5.69 Å². The SMILES string of the molecule is Cc1cc(N)cc(C)c1Oc1ccc(Cl)cc1Cl. The van der Waals surface area contributed by atoms with Crippen LogP contribution in [-0.4, -0.2) is 0 Å². The monoisotopic (exact) mass is 281 g/mol. The summed E-state index contributed by atoms with van der Waals surface area (Å²) in [4.78, 5) is 0. The van der Waals surface area contributed by atoms with Gasteiger partial charge in [0.05, 0.1) is 5.02 Å². The number of nitrogens with two attached hydrogens (primary N) is 1. The van der Waals surface area contributed by atoms with Crippen LogP contribution in [0.3, 0.4) is 0 Å². The molecule has 0 radical (unpaired) electrons. The Hall–Kier alpha value is -1.38. The van der Waals surface area contributed by atoms with Crippen LogP contribution >= 0.6 is 23.2 Å². The van der Waals surface area contributed by atoms with Gasteiger partial charge in [-0.05, 0) is 55.3 Å². The highest BCUT2D eigenvalue weighted by atomic mass is 35.5. The topological polar surface area (TPSA) is 35.2 Å². The molecule has 0 bridgehead atoms. The van der Waals surface area contributed by atoms with Crippen molar-refractivity contribution in [3.05, 3.63) is 51.5 Å². The third-order valence-electron chi connectivity index (χ3n) is 2.59. The van der Waals surface area contributed by atoms with E-state index in [1.807, 2.05) is 26.0 Å². The van der Waals surface area contributed by atoms with Crippen LogP contribution in [0.2, 0.25) is 10.0 Å². The zero-order chi connectivity index (χ0) is 13.3. The number of anilines is 1. The third kappa shape index (κ3) is 2.71. The second-order valence-corrected chi connectivity index (χ2v) is 5.00. The Kier molecular flexibility index (Phi) is 3.69. The van der Waals surface area contributed by atoms with Gasteiger partial charge in [0.15, 0.2) is 0 Å². The van der Waals surface area contributed by atoms with Gasteiger partial charge in [-0.15, -0.1) is 0 Å². The first-order valence-corrected chi connectivity index (χ1v) is 6.22. The summed E-state index contributed by atoms with van der Waals surface area (Å²) >= 11 is 11.9. The number of nitrogen functional groups attached to an aromatic ring is 1. The van der Waals surface area contributed by atoms with Gasteiger partial charge in [-0.3, -0.25) is 0 Å². The van der Waals surface area contributed by atoms with Crippen molar-refractivity contribution in [1.82, 2.24) is 0 Å². The predicted octanol–water partition coefficient (Wildman–Crippen LogP) is 4.98. The Morgan fingerprint density at radius 1 is 1.00 bits per heavy atom. The number of rotatable bonds is 2. The van der Waals surface area contributed by atoms with Crippen molar-refractivity contribution in [1.29, 1.82) is 0 Å². The lowest BCUT2D eigenvalue weighted by Gasteiger charge is -2.13. The quantitative estimate of drug-likeness (QED) is 0.788. The van der Waals surface area contributed by atoms with E-state index in [0.717, 1.165) is 22.6 Å². The lowest BCUT2D eigenvalue weighted by molar-refractivity contribution is 0.475. The molecule has 0 saturated heterocycles. The highest BCUT2D eigenvalue weighted by Gasteiger charge is 2.09. The van der Waals surface area contributed by atoms with Crippen molar-refractivity contribution in [3.8, 4) is 11.5 Å². The molecule has 4 heteroatoms. The Morgan fingerprint density at radius 3 is 2.17 bits per heavy atom. The first kappa shape index (κ1) is 13.1. The van der Waals surface area contributed by atoms with Crippen molar-refractivity contribution in [2.24, 2.45) is 0 Å². The average Bonchev–Trinajstić information content (AvgIpc) is 2.25. The maximum atomic E-state index is 6.08. The van der Waals surface area contributed by atoms with Crippen molar-refractivity contribution >= 4 is 28.9 Å². The summed E-state index contributed by atoms with van der Waals surface area (Å²) in [6, 6.07) is 8.88. The Balaban J connectivity index is 2.40. The number of hydrogen-bond acceptors (Lipinski definition) is 2. The van der Waals surface area contributed by atoms with E-state index >= 15 is 0 Å². The summed E-state index contributed by atoms with van der Waals surface area (Å²) in [6.07, 6.45) is 0. The minimum absolute atomic E-state index is 0.484. The molecule has 0 fully saturated rings. The lowest BCUT2D eigenvalue weighted by atomic mass is 10.1. The molecule has 94 valence electrons. The van der Waals surface area contributed by atoms with E-state index in [-0.39, 0.29) is 0 Å². The fourth-order valence-corrected chi connectivity index (χ4v) is 2.26. The second kappa shape index (κ2) is 5.09. The molecule has 2 aromatic carbocycles. The van der Waals surface area contributed by atoms with E-state index in [2.05, 4.69) is 0 Å². The molecule has 2 N–H and O–H groups in total. The van der Waals surface area contributed by atoms with Gasteiger partial charge in [-0.1, -0.05) is 23.2 Å². The summed E-state index contributed by atoms with van der Waals surface area (Å²) in [6.45, 7) is 3.89. The van der Waals surface area contributed by atoms with Gasteiger partial charge in [0.1, 0.15) is 11.5 Å². The van der Waals surface area contributed by atoms with E-state index in [4.69, 9.17) is 33.7 Å². The van der Waals surface area contributed by atoms with Gasteiger partial charge in [-0.2, -0.15) is 0 Å². The maximum Gasteiger partial charge on any atom is 0.146 e. The normalized spacial score (nSPS) is 10.4. The standard InChI is InChI=1S/C14H13Cl2NO/c1-8-5-11(17)6-9(2)14(8)18-13-4-3-10(15)7-12(13)16/h3-7H,17H2,1-2H3. The molecule has 0 aliphatic heterocycles. The van der Waals surface area contributed by atoms with Gasteiger partial charge >= 0.3 is 0 Å². The van der Waals surface area contributed by atoms with Crippen molar-refractivity contribution in [2.45, 2.75) is 13.8 Å². The van der Waals surface area contributed by atoms with Crippen molar-refractivity contribution in [3.63, 3.8) is 0 Å². The van der Waals surface area contributed by atoms with Gasteiger partial charge in [0, 0.05) is 10.7 Å². The number of aryl methyl sites for hydroxylation is 2. The Morgan fingerprint density at radius 2 is 1.61 bits per heavy atom. The smallest absolute Gasteiger partial charge is 0.146 e. The number of halogens is 2. The molecule has 0 aliphatic carbocycles. The van der Waals surface area contributed by atoms with Crippen LogP contribution < -0.4 is 10.5 Å². The number of ether oxygens (including phenoxy) is 1. The van der Waals surface area contributed by atoms with Crippen molar-refractivity contribution < 1.29 is 4.74 Å². The van der Waals surface area contributed by atoms with Crippen LogP contribution in [0.5, 0.6) is 11.5 Å². The maximum absolute atomic E-state index is 6.08. The minimum Gasteiger partial charge on any atom is -0.455 e. The fourth-order valence-electron chi connectivity index (χ4n) is 1.81. The predicted molar refractivity (Wildman–Crippen MR) is 76.9 cm³/mol. The van der Waals surface area contributed by atoms with Crippen LogP contribution in [0.1, 0.15) is 11.1 Å². The van der Waals surface area contributed by atoms with E-state index in [1.165, 1.54) is 0 Å². The molecule has 2 aromatic rings. The number of hydrogen-bond donors (Lipinski definition) is 1. The fraction of sp³-hybridized carbons (Fsp3) is 0.143. The first-order valence-electron chi connectivity index (χ1n) is 5.47. The summed E-state index contributed by atoms with van der Waals surface area (Å²) in [5, 5.41) is 1.07. The molecular weight excluding hydrogens is 269 g/mol. The summed E-state index contributed by atoms with van der Waals surface area (Å²) in [5.41, 5.74) is 8.44. The molecule has 0 spiro atoms. The molecule has 2 nitrogen and oxygen atoms in total. The second-order valence-electron chi connectivity index (χ2n) is 4.16. The summed E-state index contributed by atoms with van der Waals surface area (Å²) in [7, 11) is 0. The van der Waals surface area contributed by atoms with Gasteiger partial charge in [-0.25, -0.2) is 0 Å². The molecule has 18 heavy (non-hydrogen) atoms. The van der Waals surface area contributed by atoms with Crippen LogP contribution in [0, 0.1) is 13.8 Å². The molecule has 0 unspecified atom stereocenters. The van der Waals surface area contributed by atoms with E-state index in [0.29, 0.717) is 15.8 Å². The van der Waals surface area contributed by atoms with Gasteiger partial charge in [0.2, 0.25) is 0 Å². The zero-order valence-electron chi connectivity index (χ0n) is 10.1. The average molecular weight is 282 g/mol. The molecule has 0 amide bonds. The highest BCUT2D eigenvalue weighted by molar-refractivity contribution is 6.35. The lowest BCUT2D eigenvalue weighted by Crippen LogP contribution is -1.94. The largest absolute Gasteiger partial charge is 0.455 e. The van der Waals surface area contributed by atoms with Crippen molar-refractivity contribution in [2.75, 3.05) is 5.73 Å². The summed E-state index contributed by atoms with van der Waals surface area (Å²) in [5.74, 6) is 1.35. The first-order chi connectivity index (χ1) is 8.47. The molecule has 0 aromatic heterocycles. The molecular formula is C14H13Cl2NO. The molecule has 0 atom stereocenters. The van der Waals surface area contributed by atoms with E-state index in [1.54, 1.807) is 18.2 Å². The Bertz CT molecular complexity index is 573. The molecule has 0 heterocycles. The molecule has 0 aliphatic rings. The Labute approximate surface area is 116 Å². The third-order valence-corrected chi connectivity index (χ3v) is 3.12. The van der Waals surface area contributed by atoms with Crippen LogP contribution in [-0.2, 0) is 0 Å². The zero-order valence-corrected chi connectivity index (χ0v) is 11.6. The van der Waals surface area contributed by atoms with Crippen LogP contribution in [0.25, 0.3) is 0 Å². The van der Waals surface area contributed by atoms with Gasteiger partial charge in [0.25, 0.3) is 0 Å². The highest BCUT2D eigenvalue weighted by Crippen LogP contribution is 2.35. The van der Waals surface area contributed by atoms with E-state index < -0.39 is 0 Å². The minimum atomic E-state index is 0.484. The summed E-state index contributed by atoms with van der Waals surface area (Å²) < 4.78 is 5.83. The van der Waals surface area contributed by atoms with E-state index in [9.17, 15) is 0 Å². The molecule has 0 saturated carbocycles. The number of benzene rings is 2. The van der Waals surface area contributed by atoms with Crippen LogP contribution in [0.15, 0.2) is 30.3 Å². The van der Waals surface area contributed by atoms with Gasteiger partial charge < -0.3 is 10.5 Å². The molecule has 2 rings (SSSR count).